The Morgan fingerprint density at radius 1 is 1.17 bits per heavy atom. The molecule has 0 aromatic heterocycles. The van der Waals surface area contributed by atoms with E-state index in [-0.39, 0.29) is 6.10 Å². The van der Waals surface area contributed by atoms with E-state index >= 15 is 0 Å². The summed E-state index contributed by atoms with van der Waals surface area (Å²) in [5, 5.41) is 0. The second-order valence-corrected chi connectivity index (χ2v) is 6.38. The molecule has 1 saturated heterocycles. The summed E-state index contributed by atoms with van der Waals surface area (Å²) in [5.74, 6) is 0.898. The van der Waals surface area contributed by atoms with Crippen LogP contribution in [0.2, 0.25) is 0 Å². The van der Waals surface area contributed by atoms with Crippen LogP contribution in [0.5, 0.6) is 5.75 Å². The van der Waals surface area contributed by atoms with E-state index in [2.05, 4.69) is 0 Å². The van der Waals surface area contributed by atoms with Crippen LogP contribution in [-0.2, 0) is 13.6 Å². The number of phosphoric acid groups is 1. The summed E-state index contributed by atoms with van der Waals surface area (Å²) >= 11 is 0. The fourth-order valence-corrected chi connectivity index (χ4v) is 4.06. The summed E-state index contributed by atoms with van der Waals surface area (Å²) in [4.78, 5) is 0. The number of para-hydroxylation sites is 1. The molecular formula is C13H17O4P. The van der Waals surface area contributed by atoms with Gasteiger partial charge in [-0.15, -0.1) is 0 Å². The Morgan fingerprint density at radius 2 is 1.94 bits per heavy atom. The van der Waals surface area contributed by atoms with Crippen LogP contribution in [0.4, 0.5) is 0 Å². The van der Waals surface area contributed by atoms with Crippen molar-refractivity contribution >= 4 is 7.82 Å². The van der Waals surface area contributed by atoms with Crippen LogP contribution in [0.15, 0.2) is 30.3 Å². The predicted octanol–water partition coefficient (Wildman–Crippen LogP) is 3.78. The molecule has 3 atom stereocenters. The predicted molar refractivity (Wildman–Crippen MR) is 67.5 cm³/mol. The SMILES string of the molecule is O=P1(Oc2ccccc2)OCC2CCCCC2O1. The highest BCUT2D eigenvalue weighted by atomic mass is 31.2. The first-order valence-electron chi connectivity index (χ1n) is 6.43. The van der Waals surface area contributed by atoms with Gasteiger partial charge in [0.05, 0.1) is 12.7 Å². The second kappa shape index (κ2) is 5.04. The topological polar surface area (TPSA) is 44.8 Å². The number of phosphoric ester groups is 1. The number of hydrogen-bond acceptors (Lipinski definition) is 4. The van der Waals surface area contributed by atoms with Crippen molar-refractivity contribution in [1.29, 1.82) is 0 Å². The van der Waals surface area contributed by atoms with Crippen LogP contribution in [0.25, 0.3) is 0 Å². The van der Waals surface area contributed by atoms with E-state index in [1.165, 1.54) is 6.42 Å². The van der Waals surface area contributed by atoms with Gasteiger partial charge < -0.3 is 4.52 Å². The minimum absolute atomic E-state index is 0.0297. The molecule has 98 valence electrons. The second-order valence-electron chi connectivity index (χ2n) is 4.84. The molecule has 1 heterocycles. The molecule has 2 fully saturated rings. The van der Waals surface area contributed by atoms with Crippen molar-refractivity contribution in [1.82, 2.24) is 0 Å². The van der Waals surface area contributed by atoms with E-state index in [1.807, 2.05) is 18.2 Å². The molecule has 0 bridgehead atoms. The van der Waals surface area contributed by atoms with E-state index in [9.17, 15) is 4.57 Å². The van der Waals surface area contributed by atoms with E-state index < -0.39 is 7.82 Å². The first-order valence-corrected chi connectivity index (χ1v) is 7.89. The van der Waals surface area contributed by atoms with Gasteiger partial charge in [-0.25, -0.2) is 4.57 Å². The van der Waals surface area contributed by atoms with Gasteiger partial charge in [-0.3, -0.25) is 9.05 Å². The minimum atomic E-state index is -3.42. The van der Waals surface area contributed by atoms with Crippen LogP contribution in [0.3, 0.4) is 0 Å². The average molecular weight is 268 g/mol. The molecule has 1 saturated carbocycles. The maximum atomic E-state index is 12.4. The van der Waals surface area contributed by atoms with Gasteiger partial charge in [0.25, 0.3) is 0 Å². The molecule has 1 aromatic carbocycles. The molecule has 0 N–H and O–H groups in total. The Labute approximate surface area is 107 Å². The molecule has 3 rings (SSSR count). The van der Waals surface area contributed by atoms with Gasteiger partial charge in [0.1, 0.15) is 5.75 Å². The summed E-state index contributed by atoms with van der Waals surface area (Å²) in [5.41, 5.74) is 0. The highest BCUT2D eigenvalue weighted by Crippen LogP contribution is 2.56. The quantitative estimate of drug-likeness (QED) is 0.766. The average Bonchev–Trinajstić information content (AvgIpc) is 2.39. The Kier molecular flexibility index (Phi) is 3.42. The van der Waals surface area contributed by atoms with Crippen molar-refractivity contribution < 1.29 is 18.1 Å². The van der Waals surface area contributed by atoms with Gasteiger partial charge in [0.2, 0.25) is 0 Å². The molecule has 2 aliphatic rings. The molecule has 1 aliphatic carbocycles. The summed E-state index contributed by atoms with van der Waals surface area (Å²) in [6.07, 6.45) is 4.41. The van der Waals surface area contributed by atoms with Crippen LogP contribution in [-0.4, -0.2) is 12.7 Å². The largest absolute Gasteiger partial charge is 0.530 e. The molecule has 5 heteroatoms. The molecule has 0 spiro atoms. The first-order chi connectivity index (χ1) is 8.75. The van der Waals surface area contributed by atoms with Gasteiger partial charge in [-0.2, -0.15) is 0 Å². The smallest absolute Gasteiger partial charge is 0.404 e. The number of hydrogen-bond donors (Lipinski definition) is 0. The van der Waals surface area contributed by atoms with Crippen molar-refractivity contribution in [2.45, 2.75) is 31.8 Å². The lowest BCUT2D eigenvalue weighted by molar-refractivity contribution is -0.0173. The van der Waals surface area contributed by atoms with Crippen LogP contribution in [0.1, 0.15) is 25.7 Å². The first kappa shape index (κ1) is 12.2. The number of fused-ring (bicyclic) bond motifs is 1. The zero-order chi connectivity index (χ0) is 12.4. The maximum Gasteiger partial charge on any atom is 0.530 e. The van der Waals surface area contributed by atoms with Crippen LogP contribution >= 0.6 is 7.82 Å². The third-order valence-electron chi connectivity index (χ3n) is 3.51. The Morgan fingerprint density at radius 3 is 2.78 bits per heavy atom. The molecule has 18 heavy (non-hydrogen) atoms. The zero-order valence-corrected chi connectivity index (χ0v) is 11.1. The Hall–Kier alpha value is -0.830. The van der Waals surface area contributed by atoms with Gasteiger partial charge >= 0.3 is 7.82 Å². The van der Waals surface area contributed by atoms with Gasteiger partial charge in [-0.05, 0) is 25.0 Å². The normalized spacial score (nSPS) is 35.8. The van der Waals surface area contributed by atoms with E-state index in [4.69, 9.17) is 13.6 Å². The van der Waals surface area contributed by atoms with Crippen molar-refractivity contribution in [3.63, 3.8) is 0 Å². The summed E-state index contributed by atoms with van der Waals surface area (Å²) in [6, 6.07) is 9.03. The van der Waals surface area contributed by atoms with E-state index in [1.54, 1.807) is 12.1 Å². The van der Waals surface area contributed by atoms with Crippen molar-refractivity contribution in [3.8, 4) is 5.75 Å². The standard InChI is InChI=1S/C13H17O4P/c14-18(16-12-7-2-1-3-8-12)15-10-11-6-4-5-9-13(11)17-18/h1-3,7-8,11,13H,4-6,9-10H2. The van der Waals surface area contributed by atoms with E-state index in [0.29, 0.717) is 18.3 Å². The molecule has 3 unspecified atom stereocenters. The monoisotopic (exact) mass is 268 g/mol. The molecule has 1 aliphatic heterocycles. The number of rotatable bonds is 2. The van der Waals surface area contributed by atoms with E-state index in [0.717, 1.165) is 19.3 Å². The third kappa shape index (κ3) is 2.61. The lowest BCUT2D eigenvalue weighted by Gasteiger charge is -2.37. The highest BCUT2D eigenvalue weighted by Gasteiger charge is 2.42. The number of benzene rings is 1. The highest BCUT2D eigenvalue weighted by molar-refractivity contribution is 7.49. The molecule has 4 nitrogen and oxygen atoms in total. The minimum Gasteiger partial charge on any atom is -0.404 e. The molecule has 0 radical (unpaired) electrons. The van der Waals surface area contributed by atoms with Crippen LogP contribution < -0.4 is 4.52 Å². The zero-order valence-electron chi connectivity index (χ0n) is 10.2. The molecular weight excluding hydrogens is 251 g/mol. The molecule has 1 aromatic rings. The van der Waals surface area contributed by atoms with Crippen molar-refractivity contribution in [3.05, 3.63) is 30.3 Å². The van der Waals surface area contributed by atoms with Gasteiger partial charge in [0.15, 0.2) is 0 Å². The molecule has 0 amide bonds. The summed E-state index contributed by atoms with van der Waals surface area (Å²) in [6.45, 7) is 0.481. The fourth-order valence-electron chi connectivity index (χ4n) is 2.54. The lowest BCUT2D eigenvalue weighted by atomic mass is 9.87. The van der Waals surface area contributed by atoms with Crippen molar-refractivity contribution in [2.75, 3.05) is 6.61 Å². The lowest BCUT2D eigenvalue weighted by Crippen LogP contribution is -2.35. The summed E-state index contributed by atoms with van der Waals surface area (Å²) < 4.78 is 28.7. The Balaban J connectivity index is 1.70. The van der Waals surface area contributed by atoms with Gasteiger partial charge in [0, 0.05) is 5.92 Å². The third-order valence-corrected chi connectivity index (χ3v) is 4.94. The maximum absolute atomic E-state index is 12.4. The van der Waals surface area contributed by atoms with Crippen LogP contribution in [0, 0.1) is 5.92 Å². The summed E-state index contributed by atoms with van der Waals surface area (Å²) in [7, 11) is -3.42. The Bertz CT molecular complexity index is 448. The fraction of sp³-hybridized carbons (Fsp3) is 0.538. The van der Waals surface area contributed by atoms with Gasteiger partial charge in [-0.1, -0.05) is 31.0 Å². The van der Waals surface area contributed by atoms with Crippen molar-refractivity contribution in [2.24, 2.45) is 5.92 Å².